The van der Waals surface area contributed by atoms with Gasteiger partial charge in [0.15, 0.2) is 8.07 Å². The monoisotopic (exact) mass is 455 g/mol. The van der Waals surface area contributed by atoms with Gasteiger partial charge in [-0.2, -0.15) is 0 Å². The molecule has 166 valence electrons. The molecular weight excluding hydrogens is 426 g/mol. The van der Waals surface area contributed by atoms with E-state index in [4.69, 9.17) is 4.98 Å². The van der Waals surface area contributed by atoms with Crippen molar-refractivity contribution in [2.24, 2.45) is 0 Å². The molecule has 2 heteroatoms. The van der Waals surface area contributed by atoms with E-state index in [-0.39, 0.29) is 0 Å². The lowest BCUT2D eigenvalue weighted by molar-refractivity contribution is 1.08. The molecule has 0 aliphatic rings. The van der Waals surface area contributed by atoms with Crippen molar-refractivity contribution in [1.29, 1.82) is 0 Å². The zero-order valence-corrected chi connectivity index (χ0v) is 20.8. The first kappa shape index (κ1) is 22.1. The summed E-state index contributed by atoms with van der Waals surface area (Å²) >= 11 is 0. The SMILES string of the molecule is CCc1cc(-c2ccc([Si](c3ccccc3)(c3ccccc3)c3ccccc3)cc2)ncc1C. The summed E-state index contributed by atoms with van der Waals surface area (Å²) in [4.78, 5) is 4.73. The van der Waals surface area contributed by atoms with E-state index in [0.717, 1.165) is 17.7 Å². The number of nitrogens with zero attached hydrogens (tertiary/aromatic N) is 1. The number of aryl methyl sites for hydroxylation is 2. The Labute approximate surface area is 203 Å². The van der Waals surface area contributed by atoms with Gasteiger partial charge >= 0.3 is 0 Å². The van der Waals surface area contributed by atoms with Crippen molar-refractivity contribution in [1.82, 2.24) is 4.98 Å². The van der Waals surface area contributed by atoms with Crippen LogP contribution in [0.15, 0.2) is 128 Å². The highest BCUT2D eigenvalue weighted by atomic mass is 28.3. The maximum Gasteiger partial charge on any atom is 0.179 e. The predicted octanol–water partition coefficient (Wildman–Crippen LogP) is 5.00. The molecule has 0 saturated carbocycles. The molecule has 0 aliphatic carbocycles. The minimum atomic E-state index is -2.47. The number of aromatic nitrogens is 1. The maximum atomic E-state index is 4.73. The van der Waals surface area contributed by atoms with E-state index in [1.807, 2.05) is 6.20 Å². The molecule has 1 aromatic heterocycles. The van der Waals surface area contributed by atoms with Crippen LogP contribution < -0.4 is 20.7 Å². The van der Waals surface area contributed by atoms with Crippen LogP contribution in [0.2, 0.25) is 0 Å². The summed E-state index contributed by atoms with van der Waals surface area (Å²) in [5.74, 6) is 0. The van der Waals surface area contributed by atoms with E-state index in [9.17, 15) is 0 Å². The van der Waals surface area contributed by atoms with Crippen LogP contribution in [0.1, 0.15) is 18.1 Å². The molecule has 34 heavy (non-hydrogen) atoms. The fourth-order valence-corrected chi connectivity index (χ4v) is 9.80. The average molecular weight is 456 g/mol. The summed E-state index contributed by atoms with van der Waals surface area (Å²) in [6, 6.07) is 44.5. The smallest absolute Gasteiger partial charge is 0.179 e. The lowest BCUT2D eigenvalue weighted by atomic mass is 10.0. The Kier molecular flexibility index (Phi) is 6.24. The fourth-order valence-electron chi connectivity index (χ4n) is 5.06. The molecule has 0 saturated heterocycles. The van der Waals surface area contributed by atoms with Crippen LogP contribution in [0, 0.1) is 6.92 Å². The molecule has 0 aliphatic heterocycles. The van der Waals surface area contributed by atoms with Crippen molar-refractivity contribution in [3.8, 4) is 11.3 Å². The average Bonchev–Trinajstić information content (AvgIpc) is 2.92. The van der Waals surface area contributed by atoms with Gasteiger partial charge in [-0.25, -0.2) is 0 Å². The van der Waals surface area contributed by atoms with Crippen LogP contribution in [-0.2, 0) is 6.42 Å². The number of hydrogen-bond acceptors (Lipinski definition) is 1. The second kappa shape index (κ2) is 9.62. The van der Waals surface area contributed by atoms with Crippen molar-refractivity contribution in [2.45, 2.75) is 20.3 Å². The third-order valence-corrected chi connectivity index (χ3v) is 11.6. The van der Waals surface area contributed by atoms with Gasteiger partial charge in [0.2, 0.25) is 0 Å². The highest BCUT2D eigenvalue weighted by Crippen LogP contribution is 2.20. The molecule has 0 bridgehead atoms. The van der Waals surface area contributed by atoms with Crippen molar-refractivity contribution < 1.29 is 0 Å². The summed E-state index contributed by atoms with van der Waals surface area (Å²) in [6.45, 7) is 4.34. The van der Waals surface area contributed by atoms with Crippen LogP contribution in [-0.4, -0.2) is 13.1 Å². The number of benzene rings is 4. The lowest BCUT2D eigenvalue weighted by Gasteiger charge is -2.34. The molecule has 0 unspecified atom stereocenters. The first-order valence-corrected chi connectivity index (χ1v) is 14.0. The first-order chi connectivity index (χ1) is 16.7. The van der Waals surface area contributed by atoms with Gasteiger partial charge in [-0.1, -0.05) is 122 Å². The van der Waals surface area contributed by atoms with E-state index >= 15 is 0 Å². The molecule has 0 N–H and O–H groups in total. The standard InChI is InChI=1S/C32H29NSi/c1-3-26-23-32(33-24-25(26)2)27-19-21-31(22-20-27)34(28-13-7-4-8-14-28,29-15-9-5-10-16-29)30-17-11-6-12-18-30/h4-24H,3H2,1-2H3. The van der Waals surface area contributed by atoms with Crippen molar-refractivity contribution in [3.05, 3.63) is 139 Å². The Morgan fingerprint density at radius 1 is 0.588 bits per heavy atom. The van der Waals surface area contributed by atoms with E-state index in [1.165, 1.54) is 31.9 Å². The predicted molar refractivity (Wildman–Crippen MR) is 147 cm³/mol. The van der Waals surface area contributed by atoms with E-state index in [2.05, 4.69) is 135 Å². The van der Waals surface area contributed by atoms with E-state index < -0.39 is 8.07 Å². The third-order valence-electron chi connectivity index (χ3n) is 6.83. The minimum Gasteiger partial charge on any atom is -0.256 e. The molecule has 0 radical (unpaired) electrons. The Hall–Kier alpha value is -3.75. The molecular formula is C32H29NSi. The van der Waals surface area contributed by atoms with Crippen LogP contribution >= 0.6 is 0 Å². The number of hydrogen-bond donors (Lipinski definition) is 0. The zero-order valence-electron chi connectivity index (χ0n) is 19.8. The van der Waals surface area contributed by atoms with Gasteiger partial charge in [-0.3, -0.25) is 4.98 Å². The molecule has 0 spiro atoms. The van der Waals surface area contributed by atoms with Crippen molar-refractivity contribution in [2.75, 3.05) is 0 Å². The van der Waals surface area contributed by atoms with E-state index in [0.29, 0.717) is 0 Å². The topological polar surface area (TPSA) is 12.9 Å². The largest absolute Gasteiger partial charge is 0.256 e. The molecule has 5 aromatic rings. The molecule has 5 rings (SSSR count). The second-order valence-corrected chi connectivity index (χ2v) is 12.6. The quantitative estimate of drug-likeness (QED) is 0.259. The minimum absolute atomic E-state index is 1.02. The van der Waals surface area contributed by atoms with Gasteiger partial charge in [0.1, 0.15) is 0 Å². The van der Waals surface area contributed by atoms with Crippen LogP contribution in [0.4, 0.5) is 0 Å². The summed E-state index contributed by atoms with van der Waals surface area (Å²) in [5.41, 5.74) is 4.82. The Balaban J connectivity index is 1.73. The van der Waals surface area contributed by atoms with Gasteiger partial charge in [-0.05, 0) is 51.3 Å². The third kappa shape index (κ3) is 3.91. The van der Waals surface area contributed by atoms with Crippen molar-refractivity contribution >= 4 is 28.8 Å². The number of rotatable bonds is 6. The van der Waals surface area contributed by atoms with Gasteiger partial charge in [0, 0.05) is 11.8 Å². The molecule has 1 nitrogen and oxygen atoms in total. The lowest BCUT2D eigenvalue weighted by Crippen LogP contribution is -2.74. The highest BCUT2D eigenvalue weighted by molar-refractivity contribution is 7.19. The molecule has 0 amide bonds. The molecule has 0 atom stereocenters. The Bertz CT molecular complexity index is 1270. The summed E-state index contributed by atoms with van der Waals surface area (Å²) in [5, 5.41) is 5.55. The van der Waals surface area contributed by atoms with Gasteiger partial charge in [0.05, 0.1) is 5.69 Å². The highest BCUT2D eigenvalue weighted by Gasteiger charge is 2.41. The van der Waals surface area contributed by atoms with E-state index in [1.54, 1.807) is 0 Å². The summed E-state index contributed by atoms with van der Waals surface area (Å²) in [6.07, 6.45) is 3.02. The maximum absolute atomic E-state index is 4.73. The Morgan fingerprint density at radius 2 is 1.03 bits per heavy atom. The van der Waals surface area contributed by atoms with Crippen molar-refractivity contribution in [3.63, 3.8) is 0 Å². The summed E-state index contributed by atoms with van der Waals surface area (Å²) < 4.78 is 0. The molecule has 4 aromatic carbocycles. The fraction of sp³-hybridized carbons (Fsp3) is 0.0938. The van der Waals surface area contributed by atoms with Gasteiger partial charge < -0.3 is 0 Å². The van der Waals surface area contributed by atoms with Crippen LogP contribution in [0.3, 0.4) is 0 Å². The second-order valence-electron chi connectivity index (χ2n) is 8.78. The van der Waals surface area contributed by atoms with Crippen LogP contribution in [0.5, 0.6) is 0 Å². The Morgan fingerprint density at radius 3 is 1.47 bits per heavy atom. The zero-order chi connectivity index (χ0) is 23.4. The molecule has 0 fully saturated rings. The van der Waals surface area contributed by atoms with Gasteiger partial charge in [-0.15, -0.1) is 0 Å². The summed E-state index contributed by atoms with van der Waals surface area (Å²) in [7, 11) is -2.47. The molecule has 1 heterocycles. The van der Waals surface area contributed by atoms with Gasteiger partial charge in [0.25, 0.3) is 0 Å². The van der Waals surface area contributed by atoms with Crippen LogP contribution in [0.25, 0.3) is 11.3 Å². The normalized spacial score (nSPS) is 11.4. The first-order valence-electron chi connectivity index (χ1n) is 12.0. The number of pyridine rings is 1.